The average molecular weight is 1030 g/mol. The lowest BCUT2D eigenvalue weighted by Gasteiger charge is -2.22. The molecule has 0 aliphatic heterocycles. The van der Waals surface area contributed by atoms with Crippen molar-refractivity contribution >= 4 is 11.9 Å². The van der Waals surface area contributed by atoms with Crippen LogP contribution in [0.1, 0.15) is 380 Å². The van der Waals surface area contributed by atoms with Gasteiger partial charge in [-0.05, 0) is 51.4 Å². The van der Waals surface area contributed by atoms with E-state index in [1.54, 1.807) is 0 Å². The van der Waals surface area contributed by atoms with Gasteiger partial charge in [0.15, 0.2) is 0 Å². The van der Waals surface area contributed by atoms with Crippen molar-refractivity contribution in [3.63, 3.8) is 0 Å². The fourth-order valence-electron chi connectivity index (χ4n) is 10.7. The summed E-state index contributed by atoms with van der Waals surface area (Å²) in [6.45, 7) is 4.98. The van der Waals surface area contributed by atoms with Crippen molar-refractivity contribution in [1.82, 2.24) is 5.32 Å². The van der Waals surface area contributed by atoms with Gasteiger partial charge in [-0.25, -0.2) is 0 Å². The second-order valence-corrected chi connectivity index (χ2v) is 23.2. The number of rotatable bonds is 63. The number of ether oxygens (including phenoxy) is 1. The van der Waals surface area contributed by atoms with Gasteiger partial charge < -0.3 is 20.3 Å². The molecule has 6 heteroatoms. The molecular formula is C67H131NO5. The number of amides is 1. The van der Waals surface area contributed by atoms with Crippen molar-refractivity contribution in [1.29, 1.82) is 0 Å². The van der Waals surface area contributed by atoms with Gasteiger partial charge in [0.2, 0.25) is 5.91 Å². The highest BCUT2D eigenvalue weighted by molar-refractivity contribution is 5.76. The lowest BCUT2D eigenvalue weighted by atomic mass is 10.0. The molecule has 2 unspecified atom stereocenters. The van der Waals surface area contributed by atoms with Crippen LogP contribution in [-0.4, -0.2) is 47.4 Å². The number of hydrogen-bond donors (Lipinski definition) is 3. The minimum absolute atomic E-state index is 0.0116. The first-order valence-electron chi connectivity index (χ1n) is 33.4. The van der Waals surface area contributed by atoms with Crippen LogP contribution in [0.3, 0.4) is 0 Å². The molecule has 0 heterocycles. The van der Waals surface area contributed by atoms with Gasteiger partial charge in [0.05, 0.1) is 25.4 Å². The maximum atomic E-state index is 12.5. The average Bonchev–Trinajstić information content (AvgIpc) is 3.39. The Hall–Kier alpha value is -1.40. The molecule has 0 aliphatic carbocycles. The number of esters is 1. The normalized spacial score (nSPS) is 12.5. The highest BCUT2D eigenvalue weighted by atomic mass is 16.5. The molecule has 0 aromatic carbocycles. The van der Waals surface area contributed by atoms with Crippen LogP contribution in [0, 0.1) is 0 Å². The second-order valence-electron chi connectivity index (χ2n) is 23.2. The van der Waals surface area contributed by atoms with E-state index >= 15 is 0 Å². The van der Waals surface area contributed by atoms with Crippen LogP contribution in [0.5, 0.6) is 0 Å². The molecule has 0 aromatic rings. The fraction of sp³-hybridized carbons (Fsp3) is 0.940. The summed E-state index contributed by atoms with van der Waals surface area (Å²) < 4.78 is 5.49. The summed E-state index contributed by atoms with van der Waals surface area (Å²) in [4.78, 5) is 24.6. The summed E-state index contributed by atoms with van der Waals surface area (Å²) in [7, 11) is 0. The molecular weight excluding hydrogens is 899 g/mol. The van der Waals surface area contributed by atoms with E-state index in [4.69, 9.17) is 4.74 Å². The molecule has 73 heavy (non-hydrogen) atoms. The predicted molar refractivity (Wildman–Crippen MR) is 320 cm³/mol. The van der Waals surface area contributed by atoms with Gasteiger partial charge in [0, 0.05) is 12.8 Å². The Labute approximate surface area is 457 Å². The Morgan fingerprint density at radius 2 is 0.644 bits per heavy atom. The lowest BCUT2D eigenvalue weighted by molar-refractivity contribution is -0.143. The lowest BCUT2D eigenvalue weighted by Crippen LogP contribution is -2.45. The Morgan fingerprint density at radius 3 is 0.973 bits per heavy atom. The molecule has 0 radical (unpaired) electrons. The Balaban J connectivity index is 3.41. The van der Waals surface area contributed by atoms with E-state index in [0.29, 0.717) is 25.9 Å². The summed E-state index contributed by atoms with van der Waals surface area (Å²) >= 11 is 0. The molecule has 6 nitrogen and oxygen atoms in total. The van der Waals surface area contributed by atoms with Gasteiger partial charge in [-0.1, -0.05) is 328 Å². The van der Waals surface area contributed by atoms with E-state index < -0.39 is 12.1 Å². The van der Waals surface area contributed by atoms with Crippen LogP contribution in [0.4, 0.5) is 0 Å². The van der Waals surface area contributed by atoms with Crippen LogP contribution >= 0.6 is 0 Å². The minimum Gasteiger partial charge on any atom is -0.466 e. The van der Waals surface area contributed by atoms with Crippen molar-refractivity contribution in [3.8, 4) is 0 Å². The third kappa shape index (κ3) is 59.7. The van der Waals surface area contributed by atoms with E-state index in [1.165, 1.54) is 308 Å². The second kappa shape index (κ2) is 63.1. The van der Waals surface area contributed by atoms with Crippen LogP contribution in [0.15, 0.2) is 12.2 Å². The number of allylic oxidation sites excluding steroid dienone is 2. The minimum atomic E-state index is -0.669. The molecule has 0 saturated heterocycles. The molecule has 0 aliphatic rings. The number of carbonyl (C=O) groups excluding carboxylic acids is 2. The Bertz CT molecular complexity index is 1100. The standard InChI is InChI=1S/C67H131NO5/c1-3-5-7-9-11-13-15-17-19-20-21-23-26-29-32-35-39-43-47-51-55-59-65(70)64(63-69)68-66(71)60-56-52-48-44-40-36-33-30-27-24-22-25-28-31-34-38-42-46-50-54-58-62-73-67(72)61-57-53-49-45-41-37-18-16-14-12-10-8-6-4-2/h24,27,64-65,69-70H,3-23,25-26,28-63H2,1-2H3,(H,68,71)/b27-24-. The smallest absolute Gasteiger partial charge is 0.305 e. The van der Waals surface area contributed by atoms with Gasteiger partial charge in [-0.2, -0.15) is 0 Å². The summed E-state index contributed by atoms with van der Waals surface area (Å²) in [5.74, 6) is -0.0268. The van der Waals surface area contributed by atoms with E-state index in [9.17, 15) is 19.8 Å². The number of nitrogens with one attached hydrogen (secondary N) is 1. The molecule has 0 saturated carbocycles. The predicted octanol–water partition coefficient (Wildman–Crippen LogP) is 21.2. The van der Waals surface area contributed by atoms with Gasteiger partial charge >= 0.3 is 5.97 Å². The molecule has 0 spiro atoms. The number of hydrogen-bond acceptors (Lipinski definition) is 5. The molecule has 2 atom stereocenters. The summed E-state index contributed by atoms with van der Waals surface area (Å²) in [6.07, 6.45) is 76.6. The number of carbonyl (C=O) groups is 2. The van der Waals surface area contributed by atoms with Crippen molar-refractivity contribution in [2.24, 2.45) is 0 Å². The van der Waals surface area contributed by atoms with Crippen LogP contribution in [0.25, 0.3) is 0 Å². The number of unbranched alkanes of at least 4 members (excludes halogenated alkanes) is 50. The first kappa shape index (κ1) is 71.6. The van der Waals surface area contributed by atoms with Crippen molar-refractivity contribution in [2.45, 2.75) is 392 Å². The summed E-state index contributed by atoms with van der Waals surface area (Å²) in [6, 6.07) is -0.547. The molecule has 0 aromatic heterocycles. The third-order valence-electron chi connectivity index (χ3n) is 15.8. The highest BCUT2D eigenvalue weighted by Crippen LogP contribution is 2.19. The third-order valence-corrected chi connectivity index (χ3v) is 15.8. The topological polar surface area (TPSA) is 95.9 Å². The summed E-state index contributed by atoms with van der Waals surface area (Å²) in [5.41, 5.74) is 0. The molecule has 0 fully saturated rings. The van der Waals surface area contributed by atoms with Crippen LogP contribution < -0.4 is 5.32 Å². The largest absolute Gasteiger partial charge is 0.466 e. The molecule has 0 rings (SSSR count). The van der Waals surface area contributed by atoms with E-state index in [-0.39, 0.29) is 18.5 Å². The molecule has 1 amide bonds. The first-order valence-corrected chi connectivity index (χ1v) is 33.4. The van der Waals surface area contributed by atoms with Crippen molar-refractivity contribution in [2.75, 3.05) is 13.2 Å². The monoisotopic (exact) mass is 1030 g/mol. The van der Waals surface area contributed by atoms with Gasteiger partial charge in [-0.3, -0.25) is 9.59 Å². The van der Waals surface area contributed by atoms with Crippen LogP contribution in [0.2, 0.25) is 0 Å². The zero-order valence-electron chi connectivity index (χ0n) is 49.6. The van der Waals surface area contributed by atoms with E-state index in [1.807, 2.05) is 0 Å². The maximum absolute atomic E-state index is 12.5. The first-order chi connectivity index (χ1) is 36.0. The Morgan fingerprint density at radius 1 is 0.370 bits per heavy atom. The van der Waals surface area contributed by atoms with Crippen molar-refractivity contribution in [3.05, 3.63) is 12.2 Å². The maximum Gasteiger partial charge on any atom is 0.305 e. The van der Waals surface area contributed by atoms with E-state index in [2.05, 4.69) is 31.3 Å². The summed E-state index contributed by atoms with van der Waals surface area (Å²) in [5, 5.41) is 23.4. The quantitative estimate of drug-likeness (QED) is 0.0320. The molecule has 0 bridgehead atoms. The van der Waals surface area contributed by atoms with Crippen LogP contribution in [-0.2, 0) is 14.3 Å². The SMILES string of the molecule is CCCCCCCCCCCCCCCCCCCCCCCC(O)C(CO)NC(=O)CCCCCCCCC/C=C\CCCCCCCCCCCCOC(=O)CCCCCCCCCCCCCCCC. The van der Waals surface area contributed by atoms with Crippen molar-refractivity contribution < 1.29 is 24.5 Å². The van der Waals surface area contributed by atoms with E-state index in [0.717, 1.165) is 38.5 Å². The highest BCUT2D eigenvalue weighted by Gasteiger charge is 2.20. The molecule has 434 valence electrons. The zero-order chi connectivity index (χ0) is 52.9. The zero-order valence-corrected chi connectivity index (χ0v) is 49.6. The van der Waals surface area contributed by atoms with Gasteiger partial charge in [0.25, 0.3) is 0 Å². The number of aliphatic hydroxyl groups excluding tert-OH is 2. The number of aliphatic hydroxyl groups is 2. The van der Waals surface area contributed by atoms with Gasteiger partial charge in [0.1, 0.15) is 0 Å². The molecule has 3 N–H and O–H groups in total. The van der Waals surface area contributed by atoms with Gasteiger partial charge in [-0.15, -0.1) is 0 Å². The fourth-order valence-corrected chi connectivity index (χ4v) is 10.7. The Kier molecular flexibility index (Phi) is 61.9.